The molecular weight excluding hydrogens is 344 g/mol. The summed E-state index contributed by atoms with van der Waals surface area (Å²) in [5, 5.41) is 4.13. The van der Waals surface area contributed by atoms with Gasteiger partial charge in [-0.1, -0.05) is 6.07 Å². The smallest absolute Gasteiger partial charge is 0.188 e. The summed E-state index contributed by atoms with van der Waals surface area (Å²) in [6.45, 7) is 8.97. The first-order valence-electron chi connectivity index (χ1n) is 8.58. The number of aryl methyl sites for hydroxylation is 3. The van der Waals surface area contributed by atoms with Crippen molar-refractivity contribution in [2.45, 2.75) is 40.3 Å². The van der Waals surface area contributed by atoms with E-state index < -0.39 is 0 Å². The molecule has 0 aromatic carbocycles. The Morgan fingerprint density at radius 2 is 2.00 bits per heavy atom. The fourth-order valence-electron chi connectivity index (χ4n) is 2.62. The minimum absolute atomic E-state index is 0.0647. The highest BCUT2D eigenvalue weighted by atomic mass is 32.1. The lowest BCUT2D eigenvalue weighted by molar-refractivity contribution is 0.240. The minimum atomic E-state index is 0.0647. The van der Waals surface area contributed by atoms with Gasteiger partial charge in [-0.15, -0.1) is 11.3 Å². The van der Waals surface area contributed by atoms with Crippen molar-refractivity contribution in [2.75, 3.05) is 12.4 Å². The normalized spacial score (nSPS) is 12.4. The lowest BCUT2D eigenvalue weighted by Gasteiger charge is -2.24. The maximum atomic E-state index is 4.71. The Labute approximate surface area is 158 Å². The standard InChI is InChI=1S/C19H24N6S/c1-12-7-6-8-20-16(12)11-25(5)15(4)18-22-13(2)9-17(23-18)24-19-21-10-14(3)26-19/h6-10,15H,11H2,1-5H3,(H,21,22,23,24)/t15-/m1/s1. The Morgan fingerprint density at radius 1 is 1.19 bits per heavy atom. The second-order valence-corrected chi connectivity index (χ2v) is 7.75. The molecule has 6 nitrogen and oxygen atoms in total. The third-order valence-corrected chi connectivity index (χ3v) is 5.11. The monoisotopic (exact) mass is 368 g/mol. The SMILES string of the molecule is Cc1cc(Nc2ncc(C)s2)nc([C@@H](C)N(C)Cc2ncccc2C)n1. The summed E-state index contributed by atoms with van der Waals surface area (Å²) in [7, 11) is 2.07. The molecule has 1 atom stereocenters. The third-order valence-electron chi connectivity index (χ3n) is 4.28. The Hall–Kier alpha value is -2.38. The van der Waals surface area contributed by atoms with E-state index in [0.29, 0.717) is 0 Å². The molecule has 0 bridgehead atoms. The average Bonchev–Trinajstić information content (AvgIpc) is 3.00. The van der Waals surface area contributed by atoms with Crippen LogP contribution in [0.3, 0.4) is 0 Å². The number of hydrogen-bond donors (Lipinski definition) is 1. The van der Waals surface area contributed by atoms with Crippen molar-refractivity contribution < 1.29 is 0 Å². The second kappa shape index (κ2) is 7.88. The van der Waals surface area contributed by atoms with Crippen LogP contribution < -0.4 is 5.32 Å². The van der Waals surface area contributed by atoms with Gasteiger partial charge in [0.15, 0.2) is 5.13 Å². The zero-order chi connectivity index (χ0) is 18.7. The fourth-order valence-corrected chi connectivity index (χ4v) is 3.29. The predicted octanol–water partition coefficient (Wildman–Crippen LogP) is 4.19. The molecule has 0 radical (unpaired) electrons. The molecular formula is C19H24N6S. The molecule has 0 spiro atoms. The molecule has 26 heavy (non-hydrogen) atoms. The van der Waals surface area contributed by atoms with Crippen molar-refractivity contribution in [3.05, 3.63) is 58.2 Å². The van der Waals surface area contributed by atoms with Crippen molar-refractivity contribution in [1.82, 2.24) is 24.8 Å². The van der Waals surface area contributed by atoms with Crippen LogP contribution in [-0.4, -0.2) is 31.9 Å². The molecule has 3 aromatic heterocycles. The van der Waals surface area contributed by atoms with Crippen LogP contribution in [0.15, 0.2) is 30.6 Å². The van der Waals surface area contributed by atoms with Crippen molar-refractivity contribution in [2.24, 2.45) is 0 Å². The van der Waals surface area contributed by atoms with Gasteiger partial charge < -0.3 is 5.32 Å². The van der Waals surface area contributed by atoms with E-state index in [1.807, 2.05) is 38.4 Å². The van der Waals surface area contributed by atoms with Gasteiger partial charge in [0.05, 0.1) is 11.7 Å². The number of rotatable bonds is 6. The summed E-state index contributed by atoms with van der Waals surface area (Å²) >= 11 is 1.61. The maximum Gasteiger partial charge on any atom is 0.188 e. The van der Waals surface area contributed by atoms with E-state index in [4.69, 9.17) is 4.98 Å². The molecule has 0 saturated carbocycles. The number of thiazole rings is 1. The Bertz CT molecular complexity index is 891. The first-order chi connectivity index (χ1) is 12.4. The molecule has 1 N–H and O–H groups in total. The quantitative estimate of drug-likeness (QED) is 0.704. The number of aromatic nitrogens is 4. The van der Waals surface area contributed by atoms with Gasteiger partial charge in [-0.2, -0.15) is 0 Å². The Balaban J connectivity index is 1.78. The number of pyridine rings is 1. The van der Waals surface area contributed by atoms with Gasteiger partial charge >= 0.3 is 0 Å². The summed E-state index contributed by atoms with van der Waals surface area (Å²) in [5.74, 6) is 1.56. The van der Waals surface area contributed by atoms with Gasteiger partial charge in [0, 0.05) is 35.6 Å². The Morgan fingerprint density at radius 3 is 2.69 bits per heavy atom. The lowest BCUT2D eigenvalue weighted by atomic mass is 10.2. The molecule has 3 aromatic rings. The molecule has 3 rings (SSSR count). The van der Waals surface area contributed by atoms with Crippen molar-refractivity contribution in [1.29, 1.82) is 0 Å². The molecule has 3 heterocycles. The van der Waals surface area contributed by atoms with Gasteiger partial charge in [-0.3, -0.25) is 9.88 Å². The van der Waals surface area contributed by atoms with Gasteiger partial charge in [0.2, 0.25) is 0 Å². The molecule has 0 aliphatic carbocycles. The summed E-state index contributed by atoms with van der Waals surface area (Å²) < 4.78 is 0. The van der Waals surface area contributed by atoms with Crippen LogP contribution in [0.1, 0.15) is 40.6 Å². The molecule has 7 heteroatoms. The zero-order valence-electron chi connectivity index (χ0n) is 15.8. The molecule has 0 aliphatic heterocycles. The highest BCUT2D eigenvalue weighted by Gasteiger charge is 2.17. The fraction of sp³-hybridized carbons (Fsp3) is 0.368. The van der Waals surface area contributed by atoms with E-state index in [-0.39, 0.29) is 6.04 Å². The lowest BCUT2D eigenvalue weighted by Crippen LogP contribution is -2.25. The molecule has 0 saturated heterocycles. The number of hydrogen-bond acceptors (Lipinski definition) is 7. The average molecular weight is 369 g/mol. The summed E-state index contributed by atoms with van der Waals surface area (Å²) in [5.41, 5.74) is 3.20. The second-order valence-electron chi connectivity index (χ2n) is 6.51. The first-order valence-corrected chi connectivity index (χ1v) is 9.40. The van der Waals surface area contributed by atoms with E-state index in [0.717, 1.165) is 39.6 Å². The van der Waals surface area contributed by atoms with Gasteiger partial charge in [-0.05, 0) is 46.4 Å². The first kappa shape index (κ1) is 18.4. The predicted molar refractivity (Wildman–Crippen MR) is 106 cm³/mol. The van der Waals surface area contributed by atoms with Crippen LogP contribution in [-0.2, 0) is 6.54 Å². The summed E-state index contributed by atoms with van der Waals surface area (Å²) in [4.78, 5) is 21.5. The molecule has 136 valence electrons. The van der Waals surface area contributed by atoms with Gasteiger partial charge in [0.1, 0.15) is 11.6 Å². The number of nitrogens with zero attached hydrogens (tertiary/aromatic N) is 5. The molecule has 0 amide bonds. The number of nitrogens with one attached hydrogen (secondary N) is 1. The van der Waals surface area contributed by atoms with E-state index in [9.17, 15) is 0 Å². The highest BCUT2D eigenvalue weighted by molar-refractivity contribution is 7.15. The van der Waals surface area contributed by atoms with Crippen LogP contribution in [0.2, 0.25) is 0 Å². The van der Waals surface area contributed by atoms with E-state index in [2.05, 4.69) is 52.1 Å². The van der Waals surface area contributed by atoms with E-state index >= 15 is 0 Å². The van der Waals surface area contributed by atoms with Crippen molar-refractivity contribution in [3.8, 4) is 0 Å². The van der Waals surface area contributed by atoms with Crippen LogP contribution in [0.4, 0.5) is 10.9 Å². The van der Waals surface area contributed by atoms with Crippen LogP contribution in [0.5, 0.6) is 0 Å². The van der Waals surface area contributed by atoms with Gasteiger partial charge in [-0.25, -0.2) is 15.0 Å². The van der Waals surface area contributed by atoms with Crippen LogP contribution in [0, 0.1) is 20.8 Å². The molecule has 0 aliphatic rings. The van der Waals surface area contributed by atoms with Gasteiger partial charge in [0.25, 0.3) is 0 Å². The minimum Gasteiger partial charge on any atom is -0.316 e. The van der Waals surface area contributed by atoms with Crippen LogP contribution in [0.25, 0.3) is 0 Å². The zero-order valence-corrected chi connectivity index (χ0v) is 16.6. The molecule has 0 unspecified atom stereocenters. The van der Waals surface area contributed by atoms with Crippen molar-refractivity contribution in [3.63, 3.8) is 0 Å². The van der Waals surface area contributed by atoms with E-state index in [1.54, 1.807) is 11.3 Å². The van der Waals surface area contributed by atoms with E-state index in [1.165, 1.54) is 5.56 Å². The highest BCUT2D eigenvalue weighted by Crippen LogP contribution is 2.24. The largest absolute Gasteiger partial charge is 0.316 e. The summed E-state index contributed by atoms with van der Waals surface area (Å²) in [6, 6.07) is 6.05. The topological polar surface area (TPSA) is 66.8 Å². The van der Waals surface area contributed by atoms with Crippen LogP contribution >= 0.6 is 11.3 Å². The molecule has 0 fully saturated rings. The third kappa shape index (κ3) is 4.42. The summed E-state index contributed by atoms with van der Waals surface area (Å²) in [6.07, 6.45) is 3.69. The van der Waals surface area contributed by atoms with Crippen molar-refractivity contribution >= 4 is 22.3 Å². The maximum absolute atomic E-state index is 4.71. The number of anilines is 2. The Kier molecular flexibility index (Phi) is 5.58.